The number of nitrogens with zero attached hydrogens (tertiary/aromatic N) is 1. The second-order valence-electron chi connectivity index (χ2n) is 5.35. The van der Waals surface area contributed by atoms with Gasteiger partial charge in [-0.05, 0) is 48.6 Å². The van der Waals surface area contributed by atoms with Crippen molar-refractivity contribution in [1.82, 2.24) is 10.3 Å². The molecule has 2 aromatic rings. The van der Waals surface area contributed by atoms with Crippen molar-refractivity contribution in [3.05, 3.63) is 48.2 Å². The van der Waals surface area contributed by atoms with Gasteiger partial charge < -0.3 is 5.32 Å². The van der Waals surface area contributed by atoms with Crippen LogP contribution in [0.1, 0.15) is 24.8 Å². The van der Waals surface area contributed by atoms with Crippen LogP contribution in [-0.4, -0.2) is 17.1 Å². The maximum absolute atomic E-state index is 4.38. The SMILES string of the molecule is C1=C(c2ccc3ncccc3c2)CC2CCC1N2. The van der Waals surface area contributed by atoms with Gasteiger partial charge in [0.25, 0.3) is 0 Å². The van der Waals surface area contributed by atoms with Gasteiger partial charge in [-0.25, -0.2) is 0 Å². The molecule has 0 radical (unpaired) electrons. The van der Waals surface area contributed by atoms with E-state index in [1.807, 2.05) is 12.3 Å². The van der Waals surface area contributed by atoms with E-state index >= 15 is 0 Å². The molecule has 2 aliphatic rings. The summed E-state index contributed by atoms with van der Waals surface area (Å²) in [6.45, 7) is 0. The first-order valence-corrected chi connectivity index (χ1v) is 6.70. The number of aromatic nitrogens is 1. The minimum absolute atomic E-state index is 0.600. The third-order valence-corrected chi connectivity index (χ3v) is 4.12. The average molecular weight is 236 g/mol. The summed E-state index contributed by atoms with van der Waals surface area (Å²) < 4.78 is 0. The van der Waals surface area contributed by atoms with Gasteiger partial charge in [-0.15, -0.1) is 0 Å². The van der Waals surface area contributed by atoms with Gasteiger partial charge in [-0.3, -0.25) is 4.98 Å². The Morgan fingerprint density at radius 2 is 2.17 bits per heavy atom. The van der Waals surface area contributed by atoms with Gasteiger partial charge in [-0.1, -0.05) is 18.2 Å². The number of pyridine rings is 1. The van der Waals surface area contributed by atoms with Crippen LogP contribution in [0.25, 0.3) is 16.5 Å². The number of fused-ring (bicyclic) bond motifs is 3. The highest BCUT2D eigenvalue weighted by Gasteiger charge is 2.28. The smallest absolute Gasteiger partial charge is 0.0702 e. The molecule has 3 heterocycles. The molecule has 1 aromatic heterocycles. The molecule has 0 aliphatic carbocycles. The van der Waals surface area contributed by atoms with Crippen molar-refractivity contribution in [2.75, 3.05) is 0 Å². The van der Waals surface area contributed by atoms with Crippen LogP contribution in [-0.2, 0) is 0 Å². The summed E-state index contributed by atoms with van der Waals surface area (Å²) in [6.07, 6.45) is 8.05. The predicted octanol–water partition coefficient (Wildman–Crippen LogP) is 3.14. The molecule has 2 atom stereocenters. The molecular weight excluding hydrogens is 220 g/mol. The molecule has 1 aromatic carbocycles. The molecule has 2 aliphatic heterocycles. The highest BCUT2D eigenvalue weighted by atomic mass is 15.0. The number of hydrogen-bond donors (Lipinski definition) is 1. The monoisotopic (exact) mass is 236 g/mol. The van der Waals surface area contributed by atoms with E-state index in [2.05, 4.69) is 40.6 Å². The molecule has 18 heavy (non-hydrogen) atoms. The summed E-state index contributed by atoms with van der Waals surface area (Å²) in [4.78, 5) is 4.38. The first-order chi connectivity index (χ1) is 8.88. The van der Waals surface area contributed by atoms with E-state index in [0.29, 0.717) is 12.1 Å². The maximum atomic E-state index is 4.38. The number of benzene rings is 1. The Labute approximate surface area is 107 Å². The Balaban J connectivity index is 1.78. The standard InChI is InChI=1S/C16H16N2/c1-2-12-8-11(3-6-16(12)17-7-1)13-9-14-4-5-15(10-13)18-14/h1-3,6-9,14-15,18H,4-5,10H2. The Hall–Kier alpha value is -1.67. The lowest BCUT2D eigenvalue weighted by Gasteiger charge is -2.21. The largest absolute Gasteiger partial charge is 0.307 e. The molecule has 1 fully saturated rings. The number of nitrogens with one attached hydrogen (secondary N) is 1. The van der Waals surface area contributed by atoms with Crippen LogP contribution in [0.2, 0.25) is 0 Å². The number of rotatable bonds is 1. The van der Waals surface area contributed by atoms with Crippen molar-refractivity contribution in [1.29, 1.82) is 0 Å². The molecule has 2 bridgehead atoms. The second kappa shape index (κ2) is 3.92. The Kier molecular flexibility index (Phi) is 2.24. The van der Waals surface area contributed by atoms with Gasteiger partial charge in [0.1, 0.15) is 0 Å². The van der Waals surface area contributed by atoms with Crippen LogP contribution in [0.4, 0.5) is 0 Å². The van der Waals surface area contributed by atoms with Crippen molar-refractivity contribution in [3.8, 4) is 0 Å². The summed E-state index contributed by atoms with van der Waals surface area (Å²) >= 11 is 0. The first kappa shape index (κ1) is 10.3. The van der Waals surface area contributed by atoms with Gasteiger partial charge in [0.15, 0.2) is 0 Å². The lowest BCUT2D eigenvalue weighted by atomic mass is 9.95. The van der Waals surface area contributed by atoms with Crippen LogP contribution < -0.4 is 5.32 Å². The fraction of sp³-hybridized carbons (Fsp3) is 0.312. The molecule has 2 heteroatoms. The fourth-order valence-corrected chi connectivity index (χ4v) is 3.21. The highest BCUT2D eigenvalue weighted by Crippen LogP contribution is 2.32. The molecule has 0 spiro atoms. The van der Waals surface area contributed by atoms with E-state index in [4.69, 9.17) is 0 Å². The Morgan fingerprint density at radius 1 is 1.17 bits per heavy atom. The van der Waals surface area contributed by atoms with E-state index in [1.165, 1.54) is 35.8 Å². The zero-order valence-electron chi connectivity index (χ0n) is 10.3. The molecule has 4 rings (SSSR count). The van der Waals surface area contributed by atoms with Crippen LogP contribution in [0.5, 0.6) is 0 Å². The van der Waals surface area contributed by atoms with E-state index in [0.717, 1.165) is 5.52 Å². The van der Waals surface area contributed by atoms with Crippen molar-refractivity contribution in [2.45, 2.75) is 31.3 Å². The topological polar surface area (TPSA) is 24.9 Å². The summed E-state index contributed by atoms with van der Waals surface area (Å²) in [5.74, 6) is 0. The van der Waals surface area contributed by atoms with Crippen LogP contribution in [0.3, 0.4) is 0 Å². The van der Waals surface area contributed by atoms with E-state index in [9.17, 15) is 0 Å². The molecule has 1 N–H and O–H groups in total. The van der Waals surface area contributed by atoms with E-state index < -0.39 is 0 Å². The summed E-state index contributed by atoms with van der Waals surface area (Å²) in [6, 6.07) is 12.1. The van der Waals surface area contributed by atoms with Crippen molar-refractivity contribution in [3.63, 3.8) is 0 Å². The lowest BCUT2D eigenvalue weighted by Crippen LogP contribution is -2.31. The fourth-order valence-electron chi connectivity index (χ4n) is 3.21. The zero-order valence-corrected chi connectivity index (χ0v) is 10.3. The van der Waals surface area contributed by atoms with Gasteiger partial charge in [-0.2, -0.15) is 0 Å². The zero-order chi connectivity index (χ0) is 11.9. The summed E-state index contributed by atoms with van der Waals surface area (Å²) in [5.41, 5.74) is 3.96. The average Bonchev–Trinajstić information content (AvgIpc) is 2.77. The second-order valence-corrected chi connectivity index (χ2v) is 5.35. The Bertz CT molecular complexity index is 630. The highest BCUT2D eigenvalue weighted by molar-refractivity contribution is 5.83. The van der Waals surface area contributed by atoms with E-state index in [1.54, 1.807) is 0 Å². The molecule has 2 unspecified atom stereocenters. The first-order valence-electron chi connectivity index (χ1n) is 6.70. The van der Waals surface area contributed by atoms with Gasteiger partial charge in [0, 0.05) is 23.7 Å². The van der Waals surface area contributed by atoms with E-state index in [-0.39, 0.29) is 0 Å². The van der Waals surface area contributed by atoms with Crippen molar-refractivity contribution >= 4 is 16.5 Å². The van der Waals surface area contributed by atoms with Gasteiger partial charge in [0.2, 0.25) is 0 Å². The van der Waals surface area contributed by atoms with Crippen LogP contribution in [0, 0.1) is 0 Å². The van der Waals surface area contributed by atoms with Crippen LogP contribution in [0.15, 0.2) is 42.6 Å². The quantitative estimate of drug-likeness (QED) is 0.822. The molecule has 0 saturated carbocycles. The van der Waals surface area contributed by atoms with Crippen molar-refractivity contribution in [2.24, 2.45) is 0 Å². The Morgan fingerprint density at radius 3 is 3.11 bits per heavy atom. The summed E-state index contributed by atoms with van der Waals surface area (Å²) in [5, 5.41) is 4.88. The molecule has 90 valence electrons. The summed E-state index contributed by atoms with van der Waals surface area (Å²) in [7, 11) is 0. The predicted molar refractivity (Wildman–Crippen MR) is 74.3 cm³/mol. The maximum Gasteiger partial charge on any atom is 0.0702 e. The molecule has 1 saturated heterocycles. The lowest BCUT2D eigenvalue weighted by molar-refractivity contribution is 0.575. The number of hydrogen-bond acceptors (Lipinski definition) is 2. The molecule has 0 amide bonds. The third-order valence-electron chi connectivity index (χ3n) is 4.12. The van der Waals surface area contributed by atoms with Crippen molar-refractivity contribution < 1.29 is 0 Å². The van der Waals surface area contributed by atoms with Gasteiger partial charge in [0.05, 0.1) is 5.52 Å². The third kappa shape index (κ3) is 1.65. The minimum Gasteiger partial charge on any atom is -0.307 e. The molecule has 2 nitrogen and oxygen atoms in total. The minimum atomic E-state index is 0.600. The normalized spacial score (nSPS) is 26.3. The molecular formula is C16H16N2. The van der Waals surface area contributed by atoms with Gasteiger partial charge >= 0.3 is 0 Å². The van der Waals surface area contributed by atoms with Crippen LogP contribution >= 0.6 is 0 Å².